The molecule has 0 aliphatic carbocycles. The molecule has 2 aromatic carbocycles. The quantitative estimate of drug-likeness (QED) is 0.667. The van der Waals surface area contributed by atoms with Crippen molar-refractivity contribution in [2.24, 2.45) is 0 Å². The summed E-state index contributed by atoms with van der Waals surface area (Å²) in [5.74, 6) is -0.329. The predicted molar refractivity (Wildman–Crippen MR) is 105 cm³/mol. The fourth-order valence-electron chi connectivity index (χ4n) is 3.80. The van der Waals surface area contributed by atoms with Crippen LogP contribution in [-0.4, -0.2) is 38.6 Å². The number of amides is 3. The van der Waals surface area contributed by atoms with Gasteiger partial charge in [0, 0.05) is 24.2 Å². The molecule has 2 N–H and O–H groups in total. The Morgan fingerprint density at radius 1 is 1.07 bits per heavy atom. The summed E-state index contributed by atoms with van der Waals surface area (Å²) in [6.07, 6.45) is 2.24. The van der Waals surface area contributed by atoms with Gasteiger partial charge in [0.25, 0.3) is 5.91 Å². The minimum absolute atomic E-state index is 0.206. The minimum atomic E-state index is -0.615. The molecule has 1 aromatic heterocycles. The minimum Gasteiger partial charge on any atom is -0.339 e. The molecule has 0 bridgehead atoms. The van der Waals surface area contributed by atoms with Crippen molar-refractivity contribution >= 4 is 40.3 Å². The molecule has 8 heteroatoms. The van der Waals surface area contributed by atoms with Crippen LogP contribution in [0, 0.1) is 0 Å². The monoisotopic (exact) mass is 387 g/mol. The average molecular weight is 387 g/mol. The molecule has 29 heavy (non-hydrogen) atoms. The maximum atomic E-state index is 12.9. The SMILES string of the molecule is O=C1CCC(N2Cc3ccc(Nc4cnc5ccccc5n4)cc3C2=O)C(=O)N1. The molecule has 1 unspecified atom stereocenters. The molecule has 3 amide bonds. The smallest absolute Gasteiger partial charge is 0.255 e. The summed E-state index contributed by atoms with van der Waals surface area (Å²) in [5, 5.41) is 5.50. The number of benzene rings is 2. The molecule has 2 aliphatic heterocycles. The Morgan fingerprint density at radius 2 is 1.90 bits per heavy atom. The van der Waals surface area contributed by atoms with Crippen molar-refractivity contribution in [2.45, 2.75) is 25.4 Å². The van der Waals surface area contributed by atoms with Gasteiger partial charge < -0.3 is 10.2 Å². The largest absolute Gasteiger partial charge is 0.339 e. The first-order valence-corrected chi connectivity index (χ1v) is 9.35. The molecule has 2 aliphatic rings. The lowest BCUT2D eigenvalue weighted by Gasteiger charge is -2.29. The number of piperidine rings is 1. The zero-order valence-electron chi connectivity index (χ0n) is 15.4. The maximum Gasteiger partial charge on any atom is 0.255 e. The standard InChI is InChI=1S/C21H17N5O3/c27-19-8-7-17(20(28)25-19)26-11-12-5-6-13(9-14(12)21(26)29)23-18-10-22-15-3-1-2-4-16(15)24-18/h1-6,9-10,17H,7-8,11H2,(H,23,24)(H,25,27,28). The summed E-state index contributed by atoms with van der Waals surface area (Å²) in [7, 11) is 0. The molecular formula is C21H17N5O3. The van der Waals surface area contributed by atoms with E-state index in [0.717, 1.165) is 16.6 Å². The Balaban J connectivity index is 1.38. The van der Waals surface area contributed by atoms with Gasteiger partial charge in [0.15, 0.2) is 0 Å². The third-order valence-corrected chi connectivity index (χ3v) is 5.25. The van der Waals surface area contributed by atoms with E-state index in [1.165, 1.54) is 4.90 Å². The molecule has 144 valence electrons. The van der Waals surface area contributed by atoms with Gasteiger partial charge in [-0.05, 0) is 36.2 Å². The zero-order chi connectivity index (χ0) is 20.0. The fourth-order valence-corrected chi connectivity index (χ4v) is 3.80. The second kappa shape index (κ2) is 6.66. The molecule has 0 radical (unpaired) electrons. The fraction of sp³-hybridized carbons (Fsp3) is 0.190. The van der Waals surface area contributed by atoms with Crippen LogP contribution in [0.15, 0.2) is 48.7 Å². The highest BCUT2D eigenvalue weighted by atomic mass is 16.2. The second-order valence-corrected chi connectivity index (χ2v) is 7.14. The average Bonchev–Trinajstić information content (AvgIpc) is 3.04. The van der Waals surface area contributed by atoms with Crippen LogP contribution in [0.25, 0.3) is 11.0 Å². The highest BCUT2D eigenvalue weighted by Crippen LogP contribution is 2.30. The number of hydrogen-bond donors (Lipinski definition) is 2. The number of anilines is 2. The Hall–Kier alpha value is -3.81. The van der Waals surface area contributed by atoms with Gasteiger partial charge in [0.2, 0.25) is 11.8 Å². The molecule has 1 atom stereocenters. The molecule has 0 spiro atoms. The molecular weight excluding hydrogens is 370 g/mol. The molecule has 8 nitrogen and oxygen atoms in total. The van der Waals surface area contributed by atoms with E-state index in [0.29, 0.717) is 30.0 Å². The number of carbonyl (C=O) groups excluding carboxylic acids is 3. The van der Waals surface area contributed by atoms with Crippen molar-refractivity contribution in [2.75, 3.05) is 5.32 Å². The number of rotatable bonds is 3. The van der Waals surface area contributed by atoms with Crippen molar-refractivity contribution in [3.05, 3.63) is 59.8 Å². The maximum absolute atomic E-state index is 12.9. The molecule has 1 saturated heterocycles. The van der Waals surface area contributed by atoms with Gasteiger partial charge in [-0.3, -0.25) is 24.7 Å². The normalized spacial score (nSPS) is 18.7. The van der Waals surface area contributed by atoms with Gasteiger partial charge in [0.1, 0.15) is 11.9 Å². The predicted octanol–water partition coefficient (Wildman–Crippen LogP) is 2.13. The number of hydrogen-bond acceptors (Lipinski definition) is 6. The van der Waals surface area contributed by atoms with Crippen LogP contribution in [-0.2, 0) is 16.1 Å². The summed E-state index contributed by atoms with van der Waals surface area (Å²) >= 11 is 0. The second-order valence-electron chi connectivity index (χ2n) is 7.14. The highest BCUT2D eigenvalue weighted by Gasteiger charge is 2.39. The Morgan fingerprint density at radius 3 is 2.72 bits per heavy atom. The van der Waals surface area contributed by atoms with E-state index in [1.54, 1.807) is 12.3 Å². The first-order chi connectivity index (χ1) is 14.1. The number of carbonyl (C=O) groups is 3. The van der Waals surface area contributed by atoms with Crippen molar-refractivity contribution in [1.82, 2.24) is 20.2 Å². The summed E-state index contributed by atoms with van der Waals surface area (Å²) in [6.45, 7) is 0.358. The molecule has 0 saturated carbocycles. The summed E-state index contributed by atoms with van der Waals surface area (Å²) < 4.78 is 0. The molecule has 3 heterocycles. The van der Waals surface area contributed by atoms with Gasteiger partial charge in [-0.1, -0.05) is 18.2 Å². The van der Waals surface area contributed by atoms with Gasteiger partial charge in [-0.25, -0.2) is 4.98 Å². The van der Waals surface area contributed by atoms with Crippen LogP contribution in [0.1, 0.15) is 28.8 Å². The van der Waals surface area contributed by atoms with Crippen LogP contribution >= 0.6 is 0 Å². The van der Waals surface area contributed by atoms with E-state index in [2.05, 4.69) is 20.6 Å². The van der Waals surface area contributed by atoms with E-state index in [1.807, 2.05) is 36.4 Å². The lowest BCUT2D eigenvalue weighted by molar-refractivity contribution is -0.136. The van der Waals surface area contributed by atoms with E-state index in [4.69, 9.17) is 0 Å². The molecule has 1 fully saturated rings. The number of nitrogens with zero attached hydrogens (tertiary/aromatic N) is 3. The van der Waals surface area contributed by atoms with Crippen molar-refractivity contribution in [3.63, 3.8) is 0 Å². The van der Waals surface area contributed by atoms with E-state index >= 15 is 0 Å². The lowest BCUT2D eigenvalue weighted by atomic mass is 10.0. The van der Waals surface area contributed by atoms with Crippen LogP contribution in [0.4, 0.5) is 11.5 Å². The van der Waals surface area contributed by atoms with Gasteiger partial charge in [0.05, 0.1) is 17.2 Å². The number of fused-ring (bicyclic) bond motifs is 2. The van der Waals surface area contributed by atoms with Crippen LogP contribution in [0.3, 0.4) is 0 Å². The van der Waals surface area contributed by atoms with Crippen molar-refractivity contribution < 1.29 is 14.4 Å². The number of nitrogens with one attached hydrogen (secondary N) is 2. The Labute approximate surface area is 165 Å². The van der Waals surface area contributed by atoms with E-state index < -0.39 is 11.9 Å². The highest BCUT2D eigenvalue weighted by molar-refractivity contribution is 6.05. The Kier molecular flexibility index (Phi) is 3.97. The lowest BCUT2D eigenvalue weighted by Crippen LogP contribution is -2.52. The Bertz CT molecular complexity index is 1180. The zero-order valence-corrected chi connectivity index (χ0v) is 15.4. The van der Waals surface area contributed by atoms with Gasteiger partial charge in [-0.2, -0.15) is 0 Å². The van der Waals surface area contributed by atoms with Gasteiger partial charge in [-0.15, -0.1) is 0 Å². The summed E-state index contributed by atoms with van der Waals surface area (Å²) in [6, 6.07) is 12.5. The summed E-state index contributed by atoms with van der Waals surface area (Å²) in [5.41, 5.74) is 3.70. The van der Waals surface area contributed by atoms with E-state index in [9.17, 15) is 14.4 Å². The topological polar surface area (TPSA) is 104 Å². The summed E-state index contributed by atoms with van der Waals surface area (Å²) in [4.78, 5) is 46.9. The number of imide groups is 1. The molecule has 5 rings (SSSR count). The van der Waals surface area contributed by atoms with Crippen molar-refractivity contribution in [3.8, 4) is 0 Å². The van der Waals surface area contributed by atoms with Crippen molar-refractivity contribution in [1.29, 1.82) is 0 Å². The van der Waals surface area contributed by atoms with Crippen LogP contribution in [0.5, 0.6) is 0 Å². The van der Waals surface area contributed by atoms with Gasteiger partial charge >= 0.3 is 0 Å². The third-order valence-electron chi connectivity index (χ3n) is 5.25. The third kappa shape index (κ3) is 3.08. The number of aromatic nitrogens is 2. The van der Waals surface area contributed by atoms with Crippen LogP contribution in [0.2, 0.25) is 0 Å². The first kappa shape index (κ1) is 17.3. The number of para-hydroxylation sites is 2. The first-order valence-electron chi connectivity index (χ1n) is 9.35. The molecule has 3 aromatic rings. The van der Waals surface area contributed by atoms with E-state index in [-0.39, 0.29) is 18.2 Å². The van der Waals surface area contributed by atoms with Crippen LogP contribution < -0.4 is 10.6 Å².